The van der Waals surface area contributed by atoms with Crippen molar-refractivity contribution in [1.82, 2.24) is 0 Å². The Labute approximate surface area is 319 Å². The number of hydrogen-bond acceptors (Lipinski definition) is 0. The maximum Gasteiger partial charge on any atom is 0.416 e. The van der Waals surface area contributed by atoms with Gasteiger partial charge in [0, 0.05) is 0 Å². The van der Waals surface area contributed by atoms with Gasteiger partial charge in [0.2, 0.25) is 0 Å². The zero-order valence-corrected chi connectivity index (χ0v) is 29.0. The van der Waals surface area contributed by atoms with Crippen LogP contribution in [0.2, 0.25) is 0 Å². The van der Waals surface area contributed by atoms with Crippen molar-refractivity contribution < 1.29 is 111 Å². The molecule has 0 aromatic heterocycles. The zero-order chi connectivity index (χ0) is 46.6. The third kappa shape index (κ3) is 10.9. The molecule has 0 aliphatic heterocycles. The van der Waals surface area contributed by atoms with E-state index in [1.807, 2.05) is 6.92 Å². The molecule has 4 rings (SSSR count). The molecular formula is C34H20BF24N. The molecule has 26 heteroatoms. The smallest absolute Gasteiger partial charge is 0.358 e. The fourth-order valence-electron chi connectivity index (χ4n) is 6.07. The second-order valence-corrected chi connectivity index (χ2v) is 12.7. The summed E-state index contributed by atoms with van der Waals surface area (Å²) in [5, 5.41) is 0. The van der Waals surface area contributed by atoms with E-state index >= 15 is 0 Å². The quantitative estimate of drug-likeness (QED) is 0.156. The molecule has 0 bridgehead atoms. The van der Waals surface area contributed by atoms with E-state index in [1.54, 1.807) is 0 Å². The van der Waals surface area contributed by atoms with E-state index in [1.165, 1.54) is 0 Å². The fourth-order valence-corrected chi connectivity index (χ4v) is 6.07. The molecule has 0 aliphatic rings. The molecule has 4 aromatic rings. The summed E-state index contributed by atoms with van der Waals surface area (Å²) >= 11 is 0. The van der Waals surface area contributed by atoms with Crippen molar-refractivity contribution in [3.05, 3.63) is 117 Å². The van der Waals surface area contributed by atoms with Crippen LogP contribution in [0.3, 0.4) is 0 Å². The van der Waals surface area contributed by atoms with E-state index < -0.39 is 195 Å². The highest BCUT2D eigenvalue weighted by molar-refractivity contribution is 7.20. The van der Waals surface area contributed by atoms with Gasteiger partial charge in [0.25, 0.3) is 0 Å². The average Bonchev–Trinajstić information content (AvgIpc) is 3.05. The Bertz CT molecular complexity index is 1720. The first-order chi connectivity index (χ1) is 26.7. The van der Waals surface area contributed by atoms with Gasteiger partial charge in [-0.15, -0.1) is 0 Å². The van der Waals surface area contributed by atoms with Gasteiger partial charge in [0.15, 0.2) is 0 Å². The van der Waals surface area contributed by atoms with Crippen LogP contribution in [0, 0.1) is 0 Å². The van der Waals surface area contributed by atoms with Gasteiger partial charge in [0.1, 0.15) is 6.15 Å². The third-order valence-corrected chi connectivity index (χ3v) is 8.44. The molecule has 332 valence electrons. The van der Waals surface area contributed by atoms with Gasteiger partial charge in [-0.2, -0.15) is 127 Å². The van der Waals surface area contributed by atoms with Crippen molar-refractivity contribution in [2.75, 3.05) is 6.54 Å². The number of rotatable bonds is 4. The average molecular weight is 909 g/mol. The predicted molar refractivity (Wildman–Crippen MR) is 164 cm³/mol. The summed E-state index contributed by atoms with van der Waals surface area (Å²) < 4.78 is 341. The maximum absolute atomic E-state index is 14.2. The highest BCUT2D eigenvalue weighted by Gasteiger charge is 2.47. The number of hydrogen-bond donors (Lipinski definition) is 1. The van der Waals surface area contributed by atoms with Crippen LogP contribution in [0.15, 0.2) is 72.8 Å². The second-order valence-electron chi connectivity index (χ2n) is 12.7. The Morgan fingerprint density at radius 3 is 0.467 bits per heavy atom. The first-order valence-corrected chi connectivity index (χ1v) is 15.8. The molecule has 3 N–H and O–H groups in total. The monoisotopic (exact) mass is 909 g/mol. The minimum absolute atomic E-state index is 0.691. The number of benzene rings is 4. The van der Waals surface area contributed by atoms with Gasteiger partial charge in [-0.05, 0) is 31.2 Å². The summed E-state index contributed by atoms with van der Waals surface area (Å²) in [6, 6.07) is -8.81. The van der Waals surface area contributed by atoms with Gasteiger partial charge >= 0.3 is 49.4 Å². The van der Waals surface area contributed by atoms with Gasteiger partial charge in [-0.1, -0.05) is 48.5 Å². The van der Waals surface area contributed by atoms with Crippen LogP contribution in [0.4, 0.5) is 105 Å². The maximum atomic E-state index is 14.2. The van der Waals surface area contributed by atoms with Gasteiger partial charge in [0.05, 0.1) is 51.1 Å². The van der Waals surface area contributed by atoms with E-state index in [-0.39, 0.29) is 0 Å². The minimum Gasteiger partial charge on any atom is -0.358 e. The molecule has 0 heterocycles. The topological polar surface area (TPSA) is 27.6 Å². The predicted octanol–water partition coefficient (Wildman–Crippen LogP) is 10.5. The van der Waals surface area contributed by atoms with Gasteiger partial charge < -0.3 is 5.73 Å². The molecule has 0 unspecified atom stereocenters. The van der Waals surface area contributed by atoms with Crippen LogP contribution in [0.1, 0.15) is 51.4 Å². The molecular weight excluding hydrogens is 889 g/mol. The molecule has 0 atom stereocenters. The van der Waals surface area contributed by atoms with E-state index in [4.69, 9.17) is 0 Å². The molecule has 0 fully saturated rings. The number of halogens is 24. The molecule has 0 radical (unpaired) electrons. The van der Waals surface area contributed by atoms with Gasteiger partial charge in [-0.25, -0.2) is 0 Å². The first-order valence-electron chi connectivity index (χ1n) is 15.8. The van der Waals surface area contributed by atoms with Crippen LogP contribution < -0.4 is 27.6 Å². The summed E-state index contributed by atoms with van der Waals surface area (Å²) in [6.45, 7) is 3.01. The highest BCUT2D eigenvalue weighted by Crippen LogP contribution is 2.41. The lowest BCUT2D eigenvalue weighted by molar-refractivity contribution is -0.361. The third-order valence-electron chi connectivity index (χ3n) is 8.44. The summed E-state index contributed by atoms with van der Waals surface area (Å²) in [7, 11) is 0. The number of alkyl halides is 24. The van der Waals surface area contributed by atoms with Crippen molar-refractivity contribution in [2.45, 2.75) is 56.3 Å². The molecule has 1 nitrogen and oxygen atoms in total. The summed E-state index contributed by atoms with van der Waals surface area (Å²) in [4.78, 5) is 0. The van der Waals surface area contributed by atoms with Crippen molar-refractivity contribution in [1.29, 1.82) is 0 Å². The lowest BCUT2D eigenvalue weighted by atomic mass is 9.12. The molecule has 4 aromatic carbocycles. The van der Waals surface area contributed by atoms with Crippen molar-refractivity contribution in [3.8, 4) is 0 Å². The molecule has 0 spiro atoms. The van der Waals surface area contributed by atoms with E-state index in [0.29, 0.717) is 0 Å². The Morgan fingerprint density at radius 1 is 0.283 bits per heavy atom. The standard InChI is InChI=1S/C32H12BF24.C2H7N/c34-25(35,36)13-1-14(26(37,38)39)6-21(5-13)33(22-7-15(27(40,41)42)2-16(8-22)28(43,44)45,23-9-17(29(46,47)48)3-18(10-23)30(49,50)51)24-11-19(31(52,53)54)4-20(12-24)32(55,56)57;1-2-3/h1-12H;2-3H2,1H3/q-1;/p+1. The molecule has 0 amide bonds. The Kier molecular flexibility index (Phi) is 13.2. The van der Waals surface area contributed by atoms with Crippen LogP contribution in [0.25, 0.3) is 0 Å². The van der Waals surface area contributed by atoms with Crippen molar-refractivity contribution in [3.63, 3.8) is 0 Å². The Morgan fingerprint density at radius 2 is 0.383 bits per heavy atom. The lowest BCUT2D eigenvalue weighted by Gasteiger charge is -2.46. The van der Waals surface area contributed by atoms with Crippen LogP contribution >= 0.6 is 0 Å². The minimum atomic E-state index is -6.13. The molecule has 60 heavy (non-hydrogen) atoms. The van der Waals surface area contributed by atoms with E-state index in [0.717, 1.165) is 6.54 Å². The second kappa shape index (κ2) is 15.9. The van der Waals surface area contributed by atoms with Crippen LogP contribution in [-0.4, -0.2) is 12.7 Å². The first kappa shape index (κ1) is 49.6. The van der Waals surface area contributed by atoms with Crippen LogP contribution in [0.5, 0.6) is 0 Å². The fraction of sp³-hybridized carbons (Fsp3) is 0.294. The van der Waals surface area contributed by atoms with Crippen molar-refractivity contribution >= 4 is 28.0 Å². The molecule has 0 saturated carbocycles. The summed E-state index contributed by atoms with van der Waals surface area (Å²) in [6.07, 6.45) is -54.8. The van der Waals surface area contributed by atoms with Gasteiger partial charge in [-0.3, -0.25) is 0 Å². The van der Waals surface area contributed by atoms with Crippen molar-refractivity contribution in [2.24, 2.45) is 0 Å². The SMILES string of the molecule is CC[NH3+].FC(F)(F)c1cc([B-](c2cc(C(F)(F)F)cc(C(F)(F)F)c2)(c2cc(C(F)(F)F)cc(C(F)(F)F)c2)c2cc(C(F)(F)F)cc(C(F)(F)F)c2)cc(C(F)(F)F)c1. The number of quaternary nitrogens is 1. The largest absolute Gasteiger partial charge is 0.416 e. The summed E-state index contributed by atoms with van der Waals surface area (Å²) in [5.74, 6) is 0. The lowest BCUT2D eigenvalue weighted by Crippen LogP contribution is -2.75. The summed E-state index contributed by atoms with van der Waals surface area (Å²) in [5.41, 5.74) is -26.7. The zero-order valence-electron chi connectivity index (χ0n) is 29.0. The molecule has 0 saturated heterocycles. The Balaban J connectivity index is 0.00000311. The Hall–Kier alpha value is -4.78. The van der Waals surface area contributed by atoms with E-state index in [9.17, 15) is 105 Å². The van der Waals surface area contributed by atoms with E-state index in [2.05, 4.69) is 5.73 Å². The molecule has 0 aliphatic carbocycles. The van der Waals surface area contributed by atoms with Crippen LogP contribution in [-0.2, 0) is 49.4 Å². The highest BCUT2D eigenvalue weighted by atomic mass is 19.4. The normalized spacial score (nSPS) is 13.9.